The van der Waals surface area contributed by atoms with Gasteiger partial charge in [-0.05, 0) is 54.6 Å². The smallest absolute Gasteiger partial charge is 0.258 e. The molecule has 1 amide bonds. The van der Waals surface area contributed by atoms with Gasteiger partial charge in [0.2, 0.25) is 5.95 Å². The third kappa shape index (κ3) is 3.72. The number of hydrogen-bond donors (Lipinski definition) is 1. The van der Waals surface area contributed by atoms with Crippen LogP contribution in [0.2, 0.25) is 0 Å². The second-order valence-electron chi connectivity index (χ2n) is 5.56. The maximum absolute atomic E-state index is 12.4. The monoisotopic (exact) mass is 341 g/mol. The Labute approximate surface area is 144 Å². The fraction of sp³-hybridized carbons (Fsp3) is 0.312. The number of aryl methyl sites for hydroxylation is 2. The number of carbonyl (C=O) groups is 1. The van der Waals surface area contributed by atoms with Crippen molar-refractivity contribution in [2.24, 2.45) is 0 Å². The minimum absolute atomic E-state index is 0.282. The van der Waals surface area contributed by atoms with E-state index in [-0.39, 0.29) is 11.9 Å². The minimum Gasteiger partial charge on any atom is -0.383 e. The van der Waals surface area contributed by atoms with Crippen molar-refractivity contribution in [1.82, 2.24) is 30.0 Å². The maximum atomic E-state index is 12.4. The van der Waals surface area contributed by atoms with Crippen LogP contribution in [0.1, 0.15) is 21.7 Å². The van der Waals surface area contributed by atoms with Gasteiger partial charge in [0.25, 0.3) is 5.91 Å². The summed E-state index contributed by atoms with van der Waals surface area (Å²) < 4.78 is 8.30. The summed E-state index contributed by atoms with van der Waals surface area (Å²) in [5.41, 5.74) is 3.38. The summed E-state index contributed by atoms with van der Waals surface area (Å²) in [7, 11) is 1.59. The van der Waals surface area contributed by atoms with Crippen LogP contribution in [-0.2, 0) is 11.3 Å². The van der Waals surface area contributed by atoms with Crippen molar-refractivity contribution in [3.63, 3.8) is 0 Å². The molecular weight excluding hydrogens is 322 g/mol. The SMILES string of the molecule is COCCn1nnnc1NC(=O)c1ccc(-n2nc(C)cc2C)cc1. The van der Waals surface area contributed by atoms with Crippen LogP contribution in [0.5, 0.6) is 0 Å². The zero-order valence-corrected chi connectivity index (χ0v) is 14.3. The van der Waals surface area contributed by atoms with Crippen LogP contribution in [0.25, 0.3) is 5.69 Å². The summed E-state index contributed by atoms with van der Waals surface area (Å²) in [6.45, 7) is 4.83. The van der Waals surface area contributed by atoms with Crippen LogP contribution >= 0.6 is 0 Å². The molecule has 0 radical (unpaired) electrons. The number of anilines is 1. The summed E-state index contributed by atoms with van der Waals surface area (Å²) in [6.07, 6.45) is 0. The van der Waals surface area contributed by atoms with Gasteiger partial charge in [0.05, 0.1) is 24.5 Å². The lowest BCUT2D eigenvalue weighted by Gasteiger charge is -2.07. The molecule has 0 spiro atoms. The van der Waals surface area contributed by atoms with Gasteiger partial charge in [0.15, 0.2) is 0 Å². The van der Waals surface area contributed by atoms with E-state index in [9.17, 15) is 4.79 Å². The number of hydrogen-bond acceptors (Lipinski definition) is 6. The summed E-state index contributed by atoms with van der Waals surface area (Å²) in [6, 6.07) is 9.18. The molecule has 0 aliphatic heterocycles. The van der Waals surface area contributed by atoms with Crippen LogP contribution in [0, 0.1) is 13.8 Å². The van der Waals surface area contributed by atoms with Crippen molar-refractivity contribution in [1.29, 1.82) is 0 Å². The first-order valence-electron chi connectivity index (χ1n) is 7.78. The third-order valence-corrected chi connectivity index (χ3v) is 3.65. The fourth-order valence-electron chi connectivity index (χ4n) is 2.44. The lowest BCUT2D eigenvalue weighted by molar-refractivity contribution is 0.102. The predicted octanol–water partition coefficient (Wildman–Crippen LogP) is 1.37. The van der Waals surface area contributed by atoms with Gasteiger partial charge < -0.3 is 4.74 Å². The van der Waals surface area contributed by atoms with Crippen molar-refractivity contribution < 1.29 is 9.53 Å². The number of carbonyl (C=O) groups excluding carboxylic acids is 1. The highest BCUT2D eigenvalue weighted by molar-refractivity contribution is 6.03. The number of methoxy groups -OCH3 is 1. The summed E-state index contributed by atoms with van der Waals surface area (Å²) in [5.74, 6) is -0.00180. The Hall–Kier alpha value is -3.07. The molecule has 3 rings (SSSR count). The van der Waals surface area contributed by atoms with E-state index in [0.717, 1.165) is 17.1 Å². The van der Waals surface area contributed by atoms with Crippen molar-refractivity contribution in [2.75, 3.05) is 19.0 Å². The van der Waals surface area contributed by atoms with Crippen molar-refractivity contribution in [2.45, 2.75) is 20.4 Å². The van der Waals surface area contributed by atoms with E-state index in [4.69, 9.17) is 4.74 Å². The number of amides is 1. The van der Waals surface area contributed by atoms with Gasteiger partial charge in [-0.3, -0.25) is 10.1 Å². The van der Waals surface area contributed by atoms with E-state index in [2.05, 4.69) is 25.9 Å². The quantitative estimate of drug-likeness (QED) is 0.727. The van der Waals surface area contributed by atoms with Crippen molar-refractivity contribution in [3.8, 4) is 5.69 Å². The van der Waals surface area contributed by atoms with E-state index < -0.39 is 0 Å². The van der Waals surface area contributed by atoms with Gasteiger partial charge in [-0.15, -0.1) is 0 Å². The Kier molecular flexibility index (Phi) is 4.85. The second-order valence-corrected chi connectivity index (χ2v) is 5.56. The molecule has 0 atom stereocenters. The molecule has 130 valence electrons. The van der Waals surface area contributed by atoms with Crippen LogP contribution in [0.15, 0.2) is 30.3 Å². The molecule has 25 heavy (non-hydrogen) atoms. The Morgan fingerprint density at radius 3 is 2.64 bits per heavy atom. The number of ether oxygens (including phenoxy) is 1. The largest absolute Gasteiger partial charge is 0.383 e. The molecule has 0 saturated heterocycles. The Morgan fingerprint density at radius 2 is 2.00 bits per heavy atom. The van der Waals surface area contributed by atoms with Crippen molar-refractivity contribution >= 4 is 11.9 Å². The molecule has 9 nitrogen and oxygen atoms in total. The van der Waals surface area contributed by atoms with Crippen LogP contribution in [0.4, 0.5) is 5.95 Å². The van der Waals surface area contributed by atoms with E-state index in [0.29, 0.717) is 18.7 Å². The Balaban J connectivity index is 1.73. The molecule has 2 heterocycles. The van der Waals surface area contributed by atoms with E-state index in [1.165, 1.54) is 4.68 Å². The molecule has 0 aliphatic rings. The summed E-state index contributed by atoms with van der Waals surface area (Å²) >= 11 is 0. The molecule has 9 heteroatoms. The van der Waals surface area contributed by atoms with Crippen LogP contribution < -0.4 is 5.32 Å². The van der Waals surface area contributed by atoms with Crippen LogP contribution in [0.3, 0.4) is 0 Å². The van der Waals surface area contributed by atoms with Gasteiger partial charge >= 0.3 is 0 Å². The molecule has 0 bridgehead atoms. The first kappa shape index (κ1) is 16.8. The molecule has 0 fully saturated rings. The Bertz CT molecular complexity index is 867. The molecular formula is C16H19N7O2. The average Bonchev–Trinajstić information content (AvgIpc) is 3.18. The third-order valence-electron chi connectivity index (χ3n) is 3.65. The average molecular weight is 341 g/mol. The Morgan fingerprint density at radius 1 is 1.24 bits per heavy atom. The number of nitrogens with zero attached hydrogens (tertiary/aromatic N) is 6. The zero-order valence-electron chi connectivity index (χ0n) is 14.3. The van der Waals surface area contributed by atoms with Crippen molar-refractivity contribution in [3.05, 3.63) is 47.3 Å². The molecule has 0 unspecified atom stereocenters. The summed E-state index contributed by atoms with van der Waals surface area (Å²) in [4.78, 5) is 12.4. The first-order valence-corrected chi connectivity index (χ1v) is 7.78. The fourth-order valence-corrected chi connectivity index (χ4v) is 2.44. The van der Waals surface area contributed by atoms with E-state index >= 15 is 0 Å². The molecule has 0 aliphatic carbocycles. The summed E-state index contributed by atoms with van der Waals surface area (Å²) in [5, 5.41) is 18.3. The lowest BCUT2D eigenvalue weighted by atomic mass is 10.2. The predicted molar refractivity (Wildman–Crippen MR) is 90.7 cm³/mol. The lowest BCUT2D eigenvalue weighted by Crippen LogP contribution is -2.18. The molecule has 1 N–H and O–H groups in total. The number of tetrazole rings is 1. The van der Waals surface area contributed by atoms with Gasteiger partial charge in [-0.1, -0.05) is 5.10 Å². The highest BCUT2D eigenvalue weighted by Gasteiger charge is 2.12. The maximum Gasteiger partial charge on any atom is 0.258 e. The van der Waals surface area contributed by atoms with E-state index in [1.54, 1.807) is 19.2 Å². The minimum atomic E-state index is -0.284. The number of aromatic nitrogens is 6. The molecule has 2 aromatic heterocycles. The van der Waals surface area contributed by atoms with E-state index in [1.807, 2.05) is 36.7 Å². The second kappa shape index (κ2) is 7.22. The standard InChI is InChI=1S/C16H19N7O2/c1-11-10-12(2)23(19-11)14-6-4-13(5-7-14)15(24)17-16-18-20-21-22(16)8-9-25-3/h4-7,10H,8-9H2,1-3H3,(H,17,18,21,24). The van der Waals surface area contributed by atoms with Gasteiger partial charge in [0, 0.05) is 18.4 Å². The normalized spacial score (nSPS) is 10.8. The number of benzene rings is 1. The highest BCUT2D eigenvalue weighted by atomic mass is 16.5. The van der Waals surface area contributed by atoms with Gasteiger partial charge in [-0.2, -0.15) is 5.10 Å². The van der Waals surface area contributed by atoms with Gasteiger partial charge in [-0.25, -0.2) is 9.36 Å². The zero-order chi connectivity index (χ0) is 17.8. The van der Waals surface area contributed by atoms with Gasteiger partial charge in [0.1, 0.15) is 0 Å². The number of nitrogens with one attached hydrogen (secondary N) is 1. The number of rotatable bonds is 6. The molecule has 3 aromatic rings. The molecule has 1 aromatic carbocycles. The first-order chi connectivity index (χ1) is 12.1. The highest BCUT2D eigenvalue weighted by Crippen LogP contribution is 2.14. The van der Waals surface area contributed by atoms with Crippen LogP contribution in [-0.4, -0.2) is 49.6 Å². The topological polar surface area (TPSA) is 99.8 Å². The molecule has 0 saturated carbocycles.